The molecule has 4 aliphatic carbocycles. The van der Waals surface area contributed by atoms with E-state index in [0.717, 1.165) is 41.2 Å². The van der Waals surface area contributed by atoms with E-state index >= 15 is 0 Å². The van der Waals surface area contributed by atoms with Crippen LogP contribution in [0, 0.1) is 23.2 Å². The molecule has 4 aliphatic rings. The fraction of sp³-hybridized carbons (Fsp3) is 0.696. The molecule has 5 rings (SSSR count). The number of hydrogen-bond donors (Lipinski definition) is 2. The van der Waals surface area contributed by atoms with Crippen LogP contribution in [0.15, 0.2) is 18.2 Å². The van der Waals surface area contributed by atoms with E-state index in [4.69, 9.17) is 9.47 Å². The Kier molecular flexibility index (Phi) is 5.44. The van der Waals surface area contributed by atoms with Crippen molar-refractivity contribution < 1.29 is 14.3 Å². The van der Waals surface area contributed by atoms with Crippen LogP contribution in [0.1, 0.15) is 51.0 Å². The van der Waals surface area contributed by atoms with Gasteiger partial charge in [-0.05, 0) is 92.7 Å². The highest BCUT2D eigenvalue weighted by molar-refractivity contribution is 5.74. The number of urea groups is 1. The lowest BCUT2D eigenvalue weighted by Gasteiger charge is -2.59. The third kappa shape index (κ3) is 3.81. The van der Waals surface area contributed by atoms with Crippen molar-refractivity contribution in [1.29, 1.82) is 0 Å². The SMILES string of the molecule is COc1ccc(CCNC(=O)NC(C)C23CC4CC(CC(C4)C2)C3)cc1OC. The van der Waals surface area contributed by atoms with Gasteiger partial charge in [0.15, 0.2) is 11.5 Å². The maximum atomic E-state index is 12.5. The molecule has 2 amide bonds. The lowest BCUT2D eigenvalue weighted by molar-refractivity contribution is -0.0682. The van der Waals surface area contributed by atoms with Gasteiger partial charge in [-0.15, -0.1) is 0 Å². The molecule has 0 heterocycles. The van der Waals surface area contributed by atoms with Gasteiger partial charge in [-0.25, -0.2) is 4.79 Å². The van der Waals surface area contributed by atoms with Crippen molar-refractivity contribution in [1.82, 2.24) is 10.6 Å². The highest BCUT2D eigenvalue weighted by Crippen LogP contribution is 2.61. The van der Waals surface area contributed by atoms with Crippen molar-refractivity contribution in [3.8, 4) is 11.5 Å². The zero-order valence-electron chi connectivity index (χ0n) is 17.4. The first-order valence-electron chi connectivity index (χ1n) is 10.8. The maximum Gasteiger partial charge on any atom is 0.315 e. The molecule has 0 spiro atoms. The molecule has 1 aromatic rings. The van der Waals surface area contributed by atoms with Gasteiger partial charge in [0, 0.05) is 12.6 Å². The quantitative estimate of drug-likeness (QED) is 0.740. The van der Waals surface area contributed by atoms with E-state index in [0.29, 0.717) is 12.0 Å². The van der Waals surface area contributed by atoms with Crippen molar-refractivity contribution in [3.63, 3.8) is 0 Å². The molecule has 1 unspecified atom stereocenters. The van der Waals surface area contributed by atoms with E-state index in [9.17, 15) is 4.79 Å². The summed E-state index contributed by atoms with van der Waals surface area (Å²) in [6.45, 7) is 2.83. The second-order valence-electron chi connectivity index (χ2n) is 9.34. The zero-order chi connectivity index (χ0) is 19.7. The second-order valence-corrected chi connectivity index (χ2v) is 9.34. The van der Waals surface area contributed by atoms with Gasteiger partial charge >= 0.3 is 6.03 Å². The molecule has 28 heavy (non-hydrogen) atoms. The van der Waals surface area contributed by atoms with Gasteiger partial charge in [0.25, 0.3) is 0 Å². The molecule has 4 fully saturated rings. The van der Waals surface area contributed by atoms with Gasteiger partial charge in [0.1, 0.15) is 0 Å². The topological polar surface area (TPSA) is 59.6 Å². The predicted octanol–water partition coefficient (Wildman–Crippen LogP) is 4.15. The molecule has 2 N–H and O–H groups in total. The highest BCUT2D eigenvalue weighted by atomic mass is 16.5. The Morgan fingerprint density at radius 2 is 1.68 bits per heavy atom. The Labute approximate surface area is 168 Å². The molecule has 0 radical (unpaired) electrons. The molecule has 1 aromatic carbocycles. The summed E-state index contributed by atoms with van der Waals surface area (Å²) in [5.74, 6) is 4.16. The van der Waals surface area contributed by atoms with Gasteiger partial charge in [-0.1, -0.05) is 6.07 Å². The third-order valence-electron chi connectivity index (χ3n) is 7.50. The summed E-state index contributed by atoms with van der Waals surface area (Å²) in [6.07, 6.45) is 9.00. The number of benzene rings is 1. The smallest absolute Gasteiger partial charge is 0.315 e. The maximum absolute atomic E-state index is 12.5. The van der Waals surface area contributed by atoms with Gasteiger partial charge < -0.3 is 20.1 Å². The predicted molar refractivity (Wildman–Crippen MR) is 110 cm³/mol. The summed E-state index contributed by atoms with van der Waals surface area (Å²) in [6, 6.07) is 6.10. The number of carbonyl (C=O) groups is 1. The summed E-state index contributed by atoms with van der Waals surface area (Å²) in [7, 11) is 3.27. The average Bonchev–Trinajstić information content (AvgIpc) is 2.66. The van der Waals surface area contributed by atoms with Crippen molar-refractivity contribution >= 4 is 6.03 Å². The van der Waals surface area contributed by atoms with Gasteiger partial charge in [0.05, 0.1) is 14.2 Å². The molecular weight excluding hydrogens is 352 g/mol. The standard InChI is InChI=1S/C23H34N2O3/c1-15(23-12-17-8-18(13-23)10-19(9-17)14-23)25-22(26)24-7-6-16-4-5-20(27-2)21(11-16)28-3/h4-5,11,15,17-19H,6-10,12-14H2,1-3H3,(H2,24,25,26). The average molecular weight is 387 g/mol. The van der Waals surface area contributed by atoms with E-state index in [2.05, 4.69) is 17.6 Å². The number of amides is 2. The van der Waals surface area contributed by atoms with E-state index < -0.39 is 0 Å². The van der Waals surface area contributed by atoms with E-state index in [1.807, 2.05) is 18.2 Å². The largest absolute Gasteiger partial charge is 0.493 e. The first-order valence-corrected chi connectivity index (χ1v) is 10.8. The van der Waals surface area contributed by atoms with Gasteiger partial charge in [-0.3, -0.25) is 0 Å². The Hall–Kier alpha value is -1.91. The highest BCUT2D eigenvalue weighted by Gasteiger charge is 2.53. The minimum atomic E-state index is -0.0382. The molecule has 0 aliphatic heterocycles. The fourth-order valence-corrected chi connectivity index (χ4v) is 6.47. The van der Waals surface area contributed by atoms with E-state index in [1.165, 1.54) is 38.5 Å². The van der Waals surface area contributed by atoms with Crippen molar-refractivity contribution in [2.75, 3.05) is 20.8 Å². The molecule has 1 atom stereocenters. The summed E-state index contributed by atoms with van der Waals surface area (Å²) in [5, 5.41) is 6.31. The fourth-order valence-electron chi connectivity index (χ4n) is 6.47. The number of ether oxygens (including phenoxy) is 2. The van der Waals surface area contributed by atoms with Crippen LogP contribution >= 0.6 is 0 Å². The number of rotatable bonds is 7. The van der Waals surface area contributed by atoms with Crippen LogP contribution in [-0.2, 0) is 6.42 Å². The molecule has 4 bridgehead atoms. The monoisotopic (exact) mass is 386 g/mol. The first kappa shape index (κ1) is 19.4. The van der Waals surface area contributed by atoms with Crippen LogP contribution in [0.3, 0.4) is 0 Å². The molecule has 154 valence electrons. The summed E-state index contributed by atoms with van der Waals surface area (Å²) >= 11 is 0. The van der Waals surface area contributed by atoms with Crippen molar-refractivity contribution in [3.05, 3.63) is 23.8 Å². The first-order chi connectivity index (χ1) is 13.5. The molecule has 5 nitrogen and oxygen atoms in total. The van der Waals surface area contributed by atoms with Crippen molar-refractivity contribution in [2.24, 2.45) is 23.2 Å². The Bertz CT molecular complexity index is 683. The zero-order valence-corrected chi connectivity index (χ0v) is 17.4. The van der Waals surface area contributed by atoms with Gasteiger partial charge in [-0.2, -0.15) is 0 Å². The Morgan fingerprint density at radius 1 is 1.07 bits per heavy atom. The normalized spacial score (nSPS) is 31.3. The van der Waals surface area contributed by atoms with Crippen LogP contribution in [0.4, 0.5) is 4.79 Å². The lowest BCUT2D eigenvalue weighted by Crippen LogP contribution is -2.57. The van der Waals surface area contributed by atoms with Crippen LogP contribution in [-0.4, -0.2) is 32.8 Å². The number of carbonyl (C=O) groups excluding carboxylic acids is 1. The van der Waals surface area contributed by atoms with Crippen LogP contribution in [0.25, 0.3) is 0 Å². The van der Waals surface area contributed by atoms with E-state index in [-0.39, 0.29) is 12.1 Å². The Morgan fingerprint density at radius 3 is 2.25 bits per heavy atom. The number of methoxy groups -OCH3 is 2. The number of nitrogens with one attached hydrogen (secondary N) is 2. The molecule has 5 heteroatoms. The molecule has 4 saturated carbocycles. The van der Waals surface area contributed by atoms with E-state index in [1.54, 1.807) is 14.2 Å². The molecule has 0 aromatic heterocycles. The van der Waals surface area contributed by atoms with Gasteiger partial charge in [0.2, 0.25) is 0 Å². The number of hydrogen-bond acceptors (Lipinski definition) is 3. The molecular formula is C23H34N2O3. The Balaban J connectivity index is 1.27. The minimum Gasteiger partial charge on any atom is -0.493 e. The summed E-state index contributed by atoms with van der Waals surface area (Å²) in [4.78, 5) is 12.5. The van der Waals surface area contributed by atoms with Crippen LogP contribution < -0.4 is 20.1 Å². The third-order valence-corrected chi connectivity index (χ3v) is 7.50. The second kappa shape index (κ2) is 7.84. The van der Waals surface area contributed by atoms with Crippen LogP contribution in [0.2, 0.25) is 0 Å². The summed E-state index contributed by atoms with van der Waals surface area (Å²) in [5.41, 5.74) is 1.46. The van der Waals surface area contributed by atoms with Crippen LogP contribution in [0.5, 0.6) is 11.5 Å². The lowest BCUT2D eigenvalue weighted by atomic mass is 9.48. The molecule has 0 saturated heterocycles. The summed E-state index contributed by atoms with van der Waals surface area (Å²) < 4.78 is 10.6. The van der Waals surface area contributed by atoms with Crippen molar-refractivity contribution in [2.45, 2.75) is 57.9 Å². The minimum absolute atomic E-state index is 0.0382.